The van der Waals surface area contributed by atoms with Crippen LogP contribution in [-0.4, -0.2) is 23.6 Å². The second-order valence-corrected chi connectivity index (χ2v) is 4.15. The Kier molecular flexibility index (Phi) is 5.37. The van der Waals surface area contributed by atoms with Crippen LogP contribution in [0.4, 0.5) is 4.39 Å². The number of aromatic hydroxyl groups is 1. The molecule has 0 saturated carbocycles. The van der Waals surface area contributed by atoms with Crippen LogP contribution in [0.25, 0.3) is 0 Å². The van der Waals surface area contributed by atoms with Crippen molar-refractivity contribution < 1.29 is 14.3 Å². The second kappa shape index (κ2) is 6.56. The Morgan fingerprint density at radius 1 is 1.56 bits per heavy atom. The standard InChI is InChI=1S/C12H15FN2O2.ClH/c13-9-6-8(3-4-11(9)16)7-15-12(17)10-2-1-5-14-10;/h3-4,6,10,14,16H,1-2,5,7H2,(H,15,17);1H. The van der Waals surface area contributed by atoms with E-state index in [4.69, 9.17) is 5.11 Å². The van der Waals surface area contributed by atoms with Gasteiger partial charge in [0.25, 0.3) is 0 Å². The summed E-state index contributed by atoms with van der Waals surface area (Å²) in [5, 5.41) is 14.8. The van der Waals surface area contributed by atoms with Crippen LogP contribution in [0.3, 0.4) is 0 Å². The van der Waals surface area contributed by atoms with Crippen LogP contribution in [-0.2, 0) is 11.3 Å². The highest BCUT2D eigenvalue weighted by molar-refractivity contribution is 5.85. The molecule has 1 saturated heterocycles. The minimum Gasteiger partial charge on any atom is -0.505 e. The monoisotopic (exact) mass is 274 g/mol. The zero-order valence-electron chi connectivity index (χ0n) is 9.78. The largest absolute Gasteiger partial charge is 0.505 e. The molecule has 1 aromatic carbocycles. The van der Waals surface area contributed by atoms with Gasteiger partial charge in [0, 0.05) is 6.54 Å². The molecule has 1 atom stereocenters. The molecule has 3 N–H and O–H groups in total. The number of phenolic OH excluding ortho intramolecular Hbond substituents is 1. The van der Waals surface area contributed by atoms with Crippen molar-refractivity contribution >= 4 is 18.3 Å². The minimum absolute atomic E-state index is 0. The molecule has 1 aliphatic heterocycles. The van der Waals surface area contributed by atoms with Crippen molar-refractivity contribution in [1.82, 2.24) is 10.6 Å². The molecule has 0 spiro atoms. The average molecular weight is 275 g/mol. The highest BCUT2D eigenvalue weighted by atomic mass is 35.5. The highest BCUT2D eigenvalue weighted by Gasteiger charge is 2.21. The predicted molar refractivity (Wildman–Crippen MR) is 68.2 cm³/mol. The Hall–Kier alpha value is -1.33. The molecular weight excluding hydrogens is 259 g/mol. The minimum atomic E-state index is -0.671. The molecule has 1 fully saturated rings. The van der Waals surface area contributed by atoms with Gasteiger partial charge in [-0.3, -0.25) is 4.79 Å². The van der Waals surface area contributed by atoms with Crippen molar-refractivity contribution in [2.24, 2.45) is 0 Å². The van der Waals surface area contributed by atoms with Gasteiger partial charge in [0.15, 0.2) is 11.6 Å². The maximum atomic E-state index is 13.0. The third-order valence-electron chi connectivity index (χ3n) is 2.86. The fourth-order valence-corrected chi connectivity index (χ4v) is 1.88. The van der Waals surface area contributed by atoms with Gasteiger partial charge in [-0.1, -0.05) is 6.07 Å². The number of nitrogens with one attached hydrogen (secondary N) is 2. The molecular formula is C12H16ClFN2O2. The first kappa shape index (κ1) is 14.7. The normalized spacial score (nSPS) is 18.2. The fourth-order valence-electron chi connectivity index (χ4n) is 1.88. The van der Waals surface area contributed by atoms with Crippen LogP contribution < -0.4 is 10.6 Å². The maximum Gasteiger partial charge on any atom is 0.237 e. The Morgan fingerprint density at radius 3 is 2.94 bits per heavy atom. The molecule has 0 bridgehead atoms. The van der Waals surface area contributed by atoms with Crippen molar-refractivity contribution in [3.8, 4) is 5.75 Å². The summed E-state index contributed by atoms with van der Waals surface area (Å²) < 4.78 is 13.0. The first-order chi connectivity index (χ1) is 8.16. The third kappa shape index (κ3) is 3.58. The average Bonchev–Trinajstić information content (AvgIpc) is 2.84. The molecule has 4 nitrogen and oxygen atoms in total. The SMILES string of the molecule is Cl.O=C(NCc1ccc(O)c(F)c1)C1CCCN1. The Labute approximate surface area is 111 Å². The lowest BCUT2D eigenvalue weighted by atomic mass is 10.2. The van der Waals surface area contributed by atoms with Gasteiger partial charge < -0.3 is 15.7 Å². The van der Waals surface area contributed by atoms with Gasteiger partial charge in [0.05, 0.1) is 6.04 Å². The number of carbonyl (C=O) groups excluding carboxylic acids is 1. The predicted octanol–water partition coefficient (Wildman–Crippen LogP) is 1.32. The van der Waals surface area contributed by atoms with Crippen molar-refractivity contribution in [2.75, 3.05) is 6.54 Å². The van der Waals surface area contributed by atoms with Crippen LogP contribution >= 0.6 is 12.4 Å². The van der Waals surface area contributed by atoms with Crippen LogP contribution in [0.5, 0.6) is 5.75 Å². The first-order valence-electron chi connectivity index (χ1n) is 5.65. The van der Waals surface area contributed by atoms with E-state index in [0.717, 1.165) is 19.4 Å². The Bertz CT molecular complexity index is 423. The molecule has 1 aromatic rings. The number of phenols is 1. The van der Waals surface area contributed by atoms with Crippen molar-refractivity contribution in [2.45, 2.75) is 25.4 Å². The van der Waals surface area contributed by atoms with E-state index < -0.39 is 5.82 Å². The van der Waals surface area contributed by atoms with Gasteiger partial charge in [-0.05, 0) is 37.1 Å². The molecule has 18 heavy (non-hydrogen) atoms. The van der Waals surface area contributed by atoms with Crippen molar-refractivity contribution in [3.05, 3.63) is 29.6 Å². The van der Waals surface area contributed by atoms with Gasteiger partial charge in [-0.2, -0.15) is 0 Å². The molecule has 1 amide bonds. The van der Waals surface area contributed by atoms with Gasteiger partial charge >= 0.3 is 0 Å². The summed E-state index contributed by atoms with van der Waals surface area (Å²) in [6.07, 6.45) is 1.85. The van der Waals surface area contributed by atoms with Gasteiger partial charge in [0.1, 0.15) is 0 Å². The van der Waals surface area contributed by atoms with Crippen molar-refractivity contribution in [1.29, 1.82) is 0 Å². The van der Waals surface area contributed by atoms with E-state index in [9.17, 15) is 9.18 Å². The van der Waals surface area contributed by atoms with E-state index in [-0.39, 0.29) is 36.7 Å². The smallest absolute Gasteiger partial charge is 0.237 e. The lowest BCUT2D eigenvalue weighted by Crippen LogP contribution is -2.39. The lowest BCUT2D eigenvalue weighted by molar-refractivity contribution is -0.122. The van der Waals surface area contributed by atoms with Crippen LogP contribution in [0.2, 0.25) is 0 Å². The molecule has 6 heteroatoms. The van der Waals surface area contributed by atoms with E-state index in [0.29, 0.717) is 5.56 Å². The van der Waals surface area contributed by atoms with Gasteiger partial charge in [-0.15, -0.1) is 12.4 Å². The number of carbonyl (C=O) groups is 1. The Balaban J connectivity index is 0.00000162. The van der Waals surface area contributed by atoms with E-state index in [1.54, 1.807) is 6.07 Å². The number of hydrogen-bond acceptors (Lipinski definition) is 3. The number of hydrogen-bond donors (Lipinski definition) is 3. The van der Waals surface area contributed by atoms with E-state index in [1.807, 2.05) is 0 Å². The molecule has 1 heterocycles. The molecule has 1 unspecified atom stereocenters. The molecule has 2 rings (SSSR count). The summed E-state index contributed by atoms with van der Waals surface area (Å²) in [6, 6.07) is 3.96. The molecule has 0 aromatic heterocycles. The summed E-state index contributed by atoms with van der Waals surface area (Å²) in [5.41, 5.74) is 0.631. The summed E-state index contributed by atoms with van der Waals surface area (Å²) in [5.74, 6) is -1.11. The van der Waals surface area contributed by atoms with E-state index in [1.165, 1.54) is 12.1 Å². The van der Waals surface area contributed by atoms with Gasteiger partial charge in [-0.25, -0.2) is 4.39 Å². The van der Waals surface area contributed by atoms with Gasteiger partial charge in [0.2, 0.25) is 5.91 Å². The quantitative estimate of drug-likeness (QED) is 0.779. The first-order valence-corrected chi connectivity index (χ1v) is 5.65. The van der Waals surface area contributed by atoms with E-state index in [2.05, 4.69) is 10.6 Å². The number of amides is 1. The summed E-state index contributed by atoms with van der Waals surface area (Å²) >= 11 is 0. The molecule has 100 valence electrons. The number of rotatable bonds is 3. The topological polar surface area (TPSA) is 61.4 Å². The summed E-state index contributed by atoms with van der Waals surface area (Å²) in [7, 11) is 0. The lowest BCUT2D eigenvalue weighted by Gasteiger charge is -2.11. The van der Waals surface area contributed by atoms with Crippen LogP contribution in [0, 0.1) is 5.82 Å². The highest BCUT2D eigenvalue weighted by Crippen LogP contribution is 2.16. The zero-order valence-corrected chi connectivity index (χ0v) is 10.6. The third-order valence-corrected chi connectivity index (χ3v) is 2.86. The fraction of sp³-hybridized carbons (Fsp3) is 0.417. The van der Waals surface area contributed by atoms with E-state index >= 15 is 0 Å². The van der Waals surface area contributed by atoms with Crippen LogP contribution in [0.15, 0.2) is 18.2 Å². The molecule has 0 aliphatic carbocycles. The summed E-state index contributed by atoms with van der Waals surface area (Å²) in [6.45, 7) is 1.14. The number of halogens is 2. The Morgan fingerprint density at radius 2 is 2.33 bits per heavy atom. The van der Waals surface area contributed by atoms with Crippen LogP contribution in [0.1, 0.15) is 18.4 Å². The molecule has 0 radical (unpaired) electrons. The zero-order chi connectivity index (χ0) is 12.3. The second-order valence-electron chi connectivity index (χ2n) is 4.15. The number of benzene rings is 1. The molecule has 1 aliphatic rings. The van der Waals surface area contributed by atoms with Crippen molar-refractivity contribution in [3.63, 3.8) is 0 Å². The summed E-state index contributed by atoms with van der Waals surface area (Å²) in [4.78, 5) is 11.7. The maximum absolute atomic E-state index is 13.0.